The Hall–Kier alpha value is -2.52. The fourth-order valence-corrected chi connectivity index (χ4v) is 2.60. The lowest BCUT2D eigenvalue weighted by Gasteiger charge is -2.10. The standard InChI is InChI=1S/C15H18N2O6S/c1-16-24(19,20)14-7-6-12(23-14)15(18)17-9-10-4-5-11(21-2)13(8-10)22-3/h4-8,16H,9H2,1-3H3,(H,17,18). The van der Waals surface area contributed by atoms with E-state index in [0.717, 1.165) is 5.56 Å². The number of carbonyl (C=O) groups is 1. The normalized spacial score (nSPS) is 11.1. The molecule has 1 aromatic carbocycles. The van der Waals surface area contributed by atoms with Gasteiger partial charge in [-0.1, -0.05) is 6.07 Å². The summed E-state index contributed by atoms with van der Waals surface area (Å²) in [6.07, 6.45) is 0. The number of benzene rings is 1. The number of hydrogen-bond acceptors (Lipinski definition) is 6. The second kappa shape index (κ2) is 7.37. The van der Waals surface area contributed by atoms with Crippen LogP contribution in [0.2, 0.25) is 0 Å². The van der Waals surface area contributed by atoms with Gasteiger partial charge in [-0.3, -0.25) is 4.79 Å². The van der Waals surface area contributed by atoms with Crippen LogP contribution in [0, 0.1) is 0 Å². The maximum Gasteiger partial charge on any atom is 0.287 e. The number of furan rings is 1. The first kappa shape index (κ1) is 17.8. The van der Waals surface area contributed by atoms with Crippen LogP contribution in [0.4, 0.5) is 0 Å². The van der Waals surface area contributed by atoms with Gasteiger partial charge < -0.3 is 19.2 Å². The van der Waals surface area contributed by atoms with Gasteiger partial charge in [0.1, 0.15) is 0 Å². The molecule has 0 fully saturated rings. The number of amides is 1. The molecule has 0 atom stereocenters. The first-order chi connectivity index (χ1) is 11.4. The van der Waals surface area contributed by atoms with E-state index in [1.165, 1.54) is 33.4 Å². The van der Waals surface area contributed by atoms with Crippen LogP contribution in [0.3, 0.4) is 0 Å². The summed E-state index contributed by atoms with van der Waals surface area (Å²) in [5.74, 6) is 0.511. The molecule has 1 aromatic heterocycles. The minimum Gasteiger partial charge on any atom is -0.493 e. The summed E-state index contributed by atoms with van der Waals surface area (Å²) in [5, 5.41) is 2.32. The number of rotatable bonds is 7. The van der Waals surface area contributed by atoms with Crippen molar-refractivity contribution in [2.75, 3.05) is 21.3 Å². The van der Waals surface area contributed by atoms with Crippen molar-refractivity contribution in [1.82, 2.24) is 10.0 Å². The van der Waals surface area contributed by atoms with Gasteiger partial charge in [0.15, 0.2) is 17.3 Å². The monoisotopic (exact) mass is 354 g/mol. The van der Waals surface area contributed by atoms with Gasteiger partial charge in [-0.05, 0) is 36.9 Å². The minimum atomic E-state index is -3.72. The molecule has 2 aromatic rings. The zero-order chi connectivity index (χ0) is 17.7. The van der Waals surface area contributed by atoms with Crippen molar-refractivity contribution in [3.05, 3.63) is 41.7 Å². The number of ether oxygens (including phenoxy) is 2. The number of sulfonamides is 1. The molecule has 2 N–H and O–H groups in total. The molecule has 0 unspecified atom stereocenters. The van der Waals surface area contributed by atoms with Crippen molar-refractivity contribution < 1.29 is 27.1 Å². The smallest absolute Gasteiger partial charge is 0.287 e. The molecule has 0 aliphatic rings. The molecule has 0 saturated heterocycles. The molecule has 130 valence electrons. The van der Waals surface area contributed by atoms with E-state index in [2.05, 4.69) is 10.0 Å². The van der Waals surface area contributed by atoms with Gasteiger partial charge in [-0.2, -0.15) is 0 Å². The number of methoxy groups -OCH3 is 2. The molecule has 1 heterocycles. The Labute approximate surface area is 139 Å². The second-order valence-corrected chi connectivity index (χ2v) is 6.52. The fourth-order valence-electron chi connectivity index (χ4n) is 1.95. The van der Waals surface area contributed by atoms with E-state index in [1.54, 1.807) is 18.2 Å². The maximum absolute atomic E-state index is 12.0. The molecule has 24 heavy (non-hydrogen) atoms. The lowest BCUT2D eigenvalue weighted by Crippen LogP contribution is -2.22. The van der Waals surface area contributed by atoms with Gasteiger partial charge in [-0.15, -0.1) is 0 Å². The summed E-state index contributed by atoms with van der Waals surface area (Å²) >= 11 is 0. The summed E-state index contributed by atoms with van der Waals surface area (Å²) in [6.45, 7) is 0.216. The molecule has 0 spiro atoms. The van der Waals surface area contributed by atoms with Crippen LogP contribution < -0.4 is 19.5 Å². The van der Waals surface area contributed by atoms with E-state index < -0.39 is 15.9 Å². The van der Waals surface area contributed by atoms with Crippen LogP contribution in [-0.4, -0.2) is 35.6 Å². The highest BCUT2D eigenvalue weighted by Crippen LogP contribution is 2.27. The van der Waals surface area contributed by atoms with Gasteiger partial charge in [0.2, 0.25) is 5.09 Å². The Morgan fingerprint density at radius 1 is 1.12 bits per heavy atom. The molecule has 0 aliphatic heterocycles. The summed E-state index contributed by atoms with van der Waals surface area (Å²) in [4.78, 5) is 12.0. The van der Waals surface area contributed by atoms with Crippen LogP contribution in [-0.2, 0) is 16.6 Å². The van der Waals surface area contributed by atoms with Gasteiger partial charge in [0.25, 0.3) is 15.9 Å². The highest BCUT2D eigenvalue weighted by Gasteiger charge is 2.19. The Balaban J connectivity index is 2.06. The van der Waals surface area contributed by atoms with Crippen molar-refractivity contribution >= 4 is 15.9 Å². The van der Waals surface area contributed by atoms with Crippen LogP contribution >= 0.6 is 0 Å². The van der Waals surface area contributed by atoms with Crippen molar-refractivity contribution in [3.8, 4) is 11.5 Å². The van der Waals surface area contributed by atoms with E-state index in [0.29, 0.717) is 11.5 Å². The first-order valence-electron chi connectivity index (χ1n) is 6.93. The van der Waals surface area contributed by atoms with Crippen molar-refractivity contribution in [1.29, 1.82) is 0 Å². The van der Waals surface area contributed by atoms with Crippen molar-refractivity contribution in [2.45, 2.75) is 11.6 Å². The Morgan fingerprint density at radius 3 is 2.46 bits per heavy atom. The molecule has 0 radical (unpaired) electrons. The highest BCUT2D eigenvalue weighted by molar-refractivity contribution is 7.89. The lowest BCUT2D eigenvalue weighted by molar-refractivity contribution is 0.0917. The third-order valence-electron chi connectivity index (χ3n) is 3.24. The van der Waals surface area contributed by atoms with Crippen LogP contribution in [0.15, 0.2) is 39.8 Å². The summed E-state index contributed by atoms with van der Waals surface area (Å²) in [6, 6.07) is 7.76. The third kappa shape index (κ3) is 3.87. The van der Waals surface area contributed by atoms with Crippen LogP contribution in [0.1, 0.15) is 16.1 Å². The van der Waals surface area contributed by atoms with E-state index in [4.69, 9.17) is 13.9 Å². The van der Waals surface area contributed by atoms with E-state index in [-0.39, 0.29) is 17.4 Å². The molecule has 0 saturated carbocycles. The Morgan fingerprint density at radius 2 is 1.83 bits per heavy atom. The first-order valence-corrected chi connectivity index (χ1v) is 8.42. The van der Waals surface area contributed by atoms with Crippen molar-refractivity contribution in [3.63, 3.8) is 0 Å². The predicted molar refractivity (Wildman–Crippen MR) is 85.7 cm³/mol. The van der Waals surface area contributed by atoms with E-state index in [9.17, 15) is 13.2 Å². The molecule has 8 nitrogen and oxygen atoms in total. The number of carbonyl (C=O) groups excluding carboxylic acids is 1. The average Bonchev–Trinajstić information content (AvgIpc) is 3.10. The SMILES string of the molecule is CNS(=O)(=O)c1ccc(C(=O)NCc2ccc(OC)c(OC)c2)o1. The number of hydrogen-bond donors (Lipinski definition) is 2. The van der Waals surface area contributed by atoms with Crippen molar-refractivity contribution in [2.24, 2.45) is 0 Å². The van der Waals surface area contributed by atoms with E-state index in [1.807, 2.05) is 0 Å². The molecular weight excluding hydrogens is 336 g/mol. The molecule has 9 heteroatoms. The second-order valence-electron chi connectivity index (χ2n) is 4.70. The average molecular weight is 354 g/mol. The Bertz CT molecular complexity index is 828. The topological polar surface area (TPSA) is 107 Å². The Kier molecular flexibility index (Phi) is 5.47. The summed E-state index contributed by atoms with van der Waals surface area (Å²) in [5.41, 5.74) is 0.788. The predicted octanol–water partition coefficient (Wildman–Crippen LogP) is 1.13. The van der Waals surface area contributed by atoms with Crippen LogP contribution in [0.25, 0.3) is 0 Å². The van der Waals surface area contributed by atoms with E-state index >= 15 is 0 Å². The van der Waals surface area contributed by atoms with Crippen LogP contribution in [0.5, 0.6) is 11.5 Å². The van der Waals surface area contributed by atoms with Gasteiger partial charge in [-0.25, -0.2) is 13.1 Å². The maximum atomic E-state index is 12.0. The zero-order valence-corrected chi connectivity index (χ0v) is 14.3. The highest BCUT2D eigenvalue weighted by atomic mass is 32.2. The summed E-state index contributed by atoms with van der Waals surface area (Å²) < 4.78 is 40.7. The molecule has 2 rings (SSSR count). The molecule has 0 aliphatic carbocycles. The summed E-state index contributed by atoms with van der Waals surface area (Å²) in [7, 11) is 0.592. The third-order valence-corrected chi connectivity index (χ3v) is 4.53. The molecular formula is C15H18N2O6S. The fraction of sp³-hybridized carbons (Fsp3) is 0.267. The minimum absolute atomic E-state index is 0.0932. The van der Waals surface area contributed by atoms with Gasteiger partial charge in [0.05, 0.1) is 14.2 Å². The largest absolute Gasteiger partial charge is 0.493 e. The van der Waals surface area contributed by atoms with Gasteiger partial charge >= 0.3 is 0 Å². The molecule has 0 bridgehead atoms. The zero-order valence-electron chi connectivity index (χ0n) is 13.5. The van der Waals surface area contributed by atoms with Gasteiger partial charge in [0, 0.05) is 6.54 Å². The number of nitrogens with one attached hydrogen (secondary N) is 2. The lowest BCUT2D eigenvalue weighted by atomic mass is 10.2. The molecule has 1 amide bonds. The quantitative estimate of drug-likeness (QED) is 0.772.